The van der Waals surface area contributed by atoms with Crippen LogP contribution in [-0.4, -0.2) is 28.7 Å². The molecule has 0 radical (unpaired) electrons. The van der Waals surface area contributed by atoms with Crippen molar-refractivity contribution >= 4 is 17.2 Å². The molecule has 1 fully saturated rings. The Morgan fingerprint density at radius 2 is 2.24 bits per heavy atom. The maximum absolute atomic E-state index is 11.0. The molecule has 0 aromatic carbocycles. The summed E-state index contributed by atoms with van der Waals surface area (Å²) < 4.78 is 0. The SMILES string of the molecule is CC(C)(CCNC1CC1)c1nnc(C(N)=O)s1. The molecule has 1 aliphatic carbocycles. The standard InChI is InChI=1S/C11H18N4OS/c1-11(2,5-6-13-7-3-4-7)10-15-14-9(17-10)8(12)16/h7,13H,3-6H2,1-2H3,(H2,12,16). The molecule has 17 heavy (non-hydrogen) atoms. The van der Waals surface area contributed by atoms with E-state index in [2.05, 4.69) is 29.4 Å². The predicted molar refractivity (Wildman–Crippen MR) is 67.1 cm³/mol. The van der Waals surface area contributed by atoms with Gasteiger partial charge < -0.3 is 11.1 Å². The van der Waals surface area contributed by atoms with Crippen molar-refractivity contribution in [3.05, 3.63) is 10.0 Å². The van der Waals surface area contributed by atoms with Crippen LogP contribution in [0.1, 0.15) is 47.9 Å². The third-order valence-corrected chi connectivity index (χ3v) is 4.28. The van der Waals surface area contributed by atoms with Gasteiger partial charge in [-0.3, -0.25) is 4.79 Å². The van der Waals surface area contributed by atoms with E-state index in [-0.39, 0.29) is 5.41 Å². The van der Waals surface area contributed by atoms with E-state index in [1.54, 1.807) is 0 Å². The van der Waals surface area contributed by atoms with Crippen molar-refractivity contribution in [2.45, 2.75) is 44.6 Å². The first-order valence-corrected chi connectivity index (χ1v) is 6.68. The zero-order valence-corrected chi connectivity index (χ0v) is 11.0. The molecule has 1 aromatic heterocycles. The summed E-state index contributed by atoms with van der Waals surface area (Å²) in [7, 11) is 0. The number of carbonyl (C=O) groups is 1. The Morgan fingerprint density at radius 1 is 1.53 bits per heavy atom. The minimum absolute atomic E-state index is 0.0622. The molecule has 3 N–H and O–H groups in total. The number of amides is 1. The number of rotatable bonds is 6. The Kier molecular flexibility index (Phi) is 3.44. The summed E-state index contributed by atoms with van der Waals surface area (Å²) in [6, 6.07) is 0.724. The predicted octanol–water partition coefficient (Wildman–Crippen LogP) is 1.06. The van der Waals surface area contributed by atoms with Crippen molar-refractivity contribution in [1.82, 2.24) is 15.5 Å². The van der Waals surface area contributed by atoms with E-state index >= 15 is 0 Å². The summed E-state index contributed by atoms with van der Waals surface area (Å²) in [5.41, 5.74) is 5.11. The first-order chi connectivity index (χ1) is 7.99. The molecule has 0 aliphatic heterocycles. The first kappa shape index (κ1) is 12.4. The Balaban J connectivity index is 1.93. The number of carbonyl (C=O) groups excluding carboxylic acids is 1. The lowest BCUT2D eigenvalue weighted by Gasteiger charge is -2.21. The lowest BCUT2D eigenvalue weighted by molar-refractivity contribution is 0.0999. The third kappa shape index (κ3) is 3.23. The second-order valence-electron chi connectivity index (χ2n) is 5.14. The molecule has 0 bridgehead atoms. The van der Waals surface area contributed by atoms with E-state index < -0.39 is 5.91 Å². The number of aromatic nitrogens is 2. The van der Waals surface area contributed by atoms with Crippen LogP contribution in [0.15, 0.2) is 0 Å². The first-order valence-electron chi connectivity index (χ1n) is 5.86. The van der Waals surface area contributed by atoms with Crippen LogP contribution in [0.2, 0.25) is 0 Å². The van der Waals surface area contributed by atoms with Gasteiger partial charge in [-0.25, -0.2) is 0 Å². The molecular weight excluding hydrogens is 236 g/mol. The highest BCUT2D eigenvalue weighted by molar-refractivity contribution is 7.13. The van der Waals surface area contributed by atoms with Crippen molar-refractivity contribution in [2.75, 3.05) is 6.54 Å². The largest absolute Gasteiger partial charge is 0.363 e. The monoisotopic (exact) mass is 254 g/mol. The highest BCUT2D eigenvalue weighted by atomic mass is 32.1. The maximum atomic E-state index is 11.0. The van der Waals surface area contributed by atoms with Gasteiger partial charge in [0, 0.05) is 11.5 Å². The van der Waals surface area contributed by atoms with Gasteiger partial charge in [0.25, 0.3) is 5.91 Å². The Morgan fingerprint density at radius 3 is 2.76 bits per heavy atom. The van der Waals surface area contributed by atoms with Crippen LogP contribution in [0, 0.1) is 0 Å². The minimum atomic E-state index is -0.499. The molecule has 1 amide bonds. The Hall–Kier alpha value is -1.01. The number of nitrogens with two attached hydrogens (primary N) is 1. The van der Waals surface area contributed by atoms with E-state index in [9.17, 15) is 4.79 Å². The molecule has 1 aliphatic rings. The van der Waals surface area contributed by atoms with E-state index in [1.807, 2.05) is 0 Å². The second-order valence-corrected chi connectivity index (χ2v) is 6.12. The topological polar surface area (TPSA) is 80.9 Å². The number of nitrogens with one attached hydrogen (secondary N) is 1. The van der Waals surface area contributed by atoms with Gasteiger partial charge in [-0.1, -0.05) is 25.2 Å². The fraction of sp³-hybridized carbons (Fsp3) is 0.727. The van der Waals surface area contributed by atoms with Crippen LogP contribution < -0.4 is 11.1 Å². The maximum Gasteiger partial charge on any atom is 0.279 e. The van der Waals surface area contributed by atoms with Crippen LogP contribution in [0.5, 0.6) is 0 Å². The van der Waals surface area contributed by atoms with Crippen molar-refractivity contribution in [3.8, 4) is 0 Å². The van der Waals surface area contributed by atoms with Crippen molar-refractivity contribution < 1.29 is 4.79 Å². The van der Waals surface area contributed by atoms with E-state index in [4.69, 9.17) is 5.73 Å². The van der Waals surface area contributed by atoms with Gasteiger partial charge >= 0.3 is 0 Å². The third-order valence-electron chi connectivity index (χ3n) is 2.98. The van der Waals surface area contributed by atoms with E-state index in [0.717, 1.165) is 24.0 Å². The number of primary amides is 1. The Labute approximate surface area is 105 Å². The summed E-state index contributed by atoms with van der Waals surface area (Å²) >= 11 is 1.30. The number of hydrogen-bond donors (Lipinski definition) is 2. The molecule has 0 saturated heterocycles. The summed E-state index contributed by atoms with van der Waals surface area (Å²) in [6.45, 7) is 5.21. The lowest BCUT2D eigenvalue weighted by atomic mass is 9.90. The van der Waals surface area contributed by atoms with Gasteiger partial charge in [0.15, 0.2) is 0 Å². The summed E-state index contributed by atoms with van der Waals surface area (Å²) in [6.07, 6.45) is 3.58. The summed E-state index contributed by atoms with van der Waals surface area (Å²) in [4.78, 5) is 11.0. The van der Waals surface area contributed by atoms with Crippen LogP contribution in [0.25, 0.3) is 0 Å². The molecule has 5 nitrogen and oxygen atoms in total. The molecule has 1 saturated carbocycles. The van der Waals surface area contributed by atoms with Gasteiger partial charge in [0.2, 0.25) is 5.01 Å². The smallest absolute Gasteiger partial charge is 0.279 e. The van der Waals surface area contributed by atoms with Gasteiger partial charge in [-0.2, -0.15) is 0 Å². The normalized spacial score (nSPS) is 16.1. The fourth-order valence-electron chi connectivity index (χ4n) is 1.58. The molecule has 1 heterocycles. The molecule has 2 rings (SSSR count). The van der Waals surface area contributed by atoms with Crippen molar-refractivity contribution in [1.29, 1.82) is 0 Å². The van der Waals surface area contributed by atoms with Crippen LogP contribution in [0.4, 0.5) is 0 Å². The van der Waals surface area contributed by atoms with Crippen LogP contribution in [-0.2, 0) is 5.41 Å². The highest BCUT2D eigenvalue weighted by Crippen LogP contribution is 2.29. The quantitative estimate of drug-likeness (QED) is 0.795. The lowest BCUT2D eigenvalue weighted by Crippen LogP contribution is -2.26. The molecule has 1 aromatic rings. The van der Waals surface area contributed by atoms with Gasteiger partial charge in [0.05, 0.1) is 0 Å². The van der Waals surface area contributed by atoms with Crippen LogP contribution >= 0.6 is 11.3 Å². The van der Waals surface area contributed by atoms with Gasteiger partial charge in [-0.15, -0.1) is 10.2 Å². The summed E-state index contributed by atoms with van der Waals surface area (Å²) in [5.74, 6) is -0.499. The van der Waals surface area contributed by atoms with E-state index in [1.165, 1.54) is 24.2 Å². The fourth-order valence-corrected chi connectivity index (χ4v) is 2.40. The molecule has 6 heteroatoms. The van der Waals surface area contributed by atoms with Crippen LogP contribution in [0.3, 0.4) is 0 Å². The number of nitrogens with zero attached hydrogens (tertiary/aromatic N) is 2. The zero-order valence-electron chi connectivity index (χ0n) is 10.2. The molecule has 0 atom stereocenters. The molecule has 0 unspecified atom stereocenters. The molecule has 0 spiro atoms. The average Bonchev–Trinajstić information content (AvgIpc) is 2.92. The molecular formula is C11H18N4OS. The van der Waals surface area contributed by atoms with Gasteiger partial charge in [-0.05, 0) is 25.8 Å². The minimum Gasteiger partial charge on any atom is -0.363 e. The Bertz CT molecular complexity index is 411. The molecule has 94 valence electrons. The number of hydrogen-bond acceptors (Lipinski definition) is 5. The van der Waals surface area contributed by atoms with E-state index in [0.29, 0.717) is 5.01 Å². The van der Waals surface area contributed by atoms with Crippen molar-refractivity contribution in [3.63, 3.8) is 0 Å². The zero-order chi connectivity index (χ0) is 12.5. The second kappa shape index (κ2) is 4.70. The summed E-state index contributed by atoms with van der Waals surface area (Å²) in [5, 5.41) is 12.5. The highest BCUT2D eigenvalue weighted by Gasteiger charge is 2.27. The average molecular weight is 254 g/mol. The van der Waals surface area contributed by atoms with Crippen molar-refractivity contribution in [2.24, 2.45) is 5.73 Å². The van der Waals surface area contributed by atoms with Gasteiger partial charge in [0.1, 0.15) is 5.01 Å².